The Balaban J connectivity index is 2.36. The van der Waals surface area contributed by atoms with E-state index >= 15 is 0 Å². The van der Waals surface area contributed by atoms with E-state index in [9.17, 15) is 0 Å². The number of hydrogen-bond acceptors (Lipinski definition) is 1. The topological polar surface area (TPSA) is 26.0 Å². The third-order valence-electron chi connectivity index (χ3n) is 3.21. The standard InChI is InChI=1S/C11H13Cl2N/c1-11(2)9(10(11)14)7-4-3-6(12)5-8(7)13/h3-5,9-10H,14H2,1-2H3/t9-,10-/m1/s1. The van der Waals surface area contributed by atoms with Gasteiger partial charge < -0.3 is 5.73 Å². The molecule has 0 saturated heterocycles. The predicted octanol–water partition coefficient (Wildman–Crippen LogP) is 3.44. The lowest BCUT2D eigenvalue weighted by molar-refractivity contribution is 0.599. The van der Waals surface area contributed by atoms with Crippen LogP contribution in [0.4, 0.5) is 0 Å². The fourth-order valence-electron chi connectivity index (χ4n) is 2.03. The van der Waals surface area contributed by atoms with Gasteiger partial charge in [-0.05, 0) is 23.1 Å². The van der Waals surface area contributed by atoms with Crippen molar-refractivity contribution in [2.24, 2.45) is 11.1 Å². The molecule has 0 radical (unpaired) electrons. The Bertz CT molecular complexity index is 374. The number of nitrogens with two attached hydrogens (primary N) is 1. The van der Waals surface area contributed by atoms with E-state index in [2.05, 4.69) is 13.8 Å². The molecular weight excluding hydrogens is 217 g/mol. The summed E-state index contributed by atoms with van der Waals surface area (Å²) in [6.45, 7) is 4.32. The number of benzene rings is 1. The Morgan fingerprint density at radius 1 is 1.29 bits per heavy atom. The molecule has 0 aliphatic heterocycles. The van der Waals surface area contributed by atoms with Crippen LogP contribution in [0.15, 0.2) is 18.2 Å². The maximum absolute atomic E-state index is 6.12. The average Bonchev–Trinajstić information content (AvgIpc) is 2.54. The predicted molar refractivity (Wildman–Crippen MR) is 61.0 cm³/mol. The van der Waals surface area contributed by atoms with Gasteiger partial charge in [0.2, 0.25) is 0 Å². The highest BCUT2D eigenvalue weighted by Gasteiger charge is 2.56. The number of rotatable bonds is 1. The Morgan fingerprint density at radius 2 is 1.86 bits per heavy atom. The van der Waals surface area contributed by atoms with E-state index in [4.69, 9.17) is 28.9 Å². The molecule has 0 unspecified atom stereocenters. The molecule has 1 saturated carbocycles. The van der Waals surface area contributed by atoms with E-state index in [1.54, 1.807) is 6.07 Å². The Labute approximate surface area is 94.2 Å². The van der Waals surface area contributed by atoms with Gasteiger partial charge in [-0.25, -0.2) is 0 Å². The van der Waals surface area contributed by atoms with Crippen molar-refractivity contribution >= 4 is 23.2 Å². The van der Waals surface area contributed by atoms with Gasteiger partial charge in [-0.2, -0.15) is 0 Å². The molecule has 0 heterocycles. The van der Waals surface area contributed by atoms with Gasteiger partial charge in [0, 0.05) is 22.0 Å². The number of hydrogen-bond donors (Lipinski definition) is 1. The first-order chi connectivity index (χ1) is 6.44. The second-order valence-electron chi connectivity index (χ2n) is 4.49. The highest BCUT2D eigenvalue weighted by Crippen LogP contribution is 2.58. The minimum Gasteiger partial charge on any atom is -0.327 e. The van der Waals surface area contributed by atoms with Gasteiger partial charge in [0.25, 0.3) is 0 Å². The van der Waals surface area contributed by atoms with Crippen LogP contribution in [0.1, 0.15) is 25.3 Å². The molecule has 1 aromatic rings. The Hall–Kier alpha value is -0.240. The molecule has 0 spiro atoms. The van der Waals surface area contributed by atoms with Crippen molar-refractivity contribution in [1.29, 1.82) is 0 Å². The molecule has 0 amide bonds. The maximum Gasteiger partial charge on any atom is 0.0456 e. The second-order valence-corrected chi connectivity index (χ2v) is 5.33. The zero-order valence-electron chi connectivity index (χ0n) is 8.22. The van der Waals surface area contributed by atoms with Crippen molar-refractivity contribution in [3.8, 4) is 0 Å². The SMILES string of the molecule is CC1(C)[C@H](N)[C@H]1c1ccc(Cl)cc1Cl. The van der Waals surface area contributed by atoms with Crippen LogP contribution in [-0.2, 0) is 0 Å². The molecule has 0 bridgehead atoms. The summed E-state index contributed by atoms with van der Waals surface area (Å²) in [7, 11) is 0. The maximum atomic E-state index is 6.12. The normalized spacial score (nSPS) is 28.9. The lowest BCUT2D eigenvalue weighted by atomic mass is 10.0. The van der Waals surface area contributed by atoms with E-state index < -0.39 is 0 Å². The van der Waals surface area contributed by atoms with E-state index in [0.29, 0.717) is 10.9 Å². The molecule has 1 aromatic carbocycles. The summed E-state index contributed by atoms with van der Waals surface area (Å²) in [6, 6.07) is 5.83. The van der Waals surface area contributed by atoms with Crippen molar-refractivity contribution in [1.82, 2.24) is 0 Å². The van der Waals surface area contributed by atoms with Gasteiger partial charge in [-0.3, -0.25) is 0 Å². The quantitative estimate of drug-likeness (QED) is 0.785. The third-order valence-corrected chi connectivity index (χ3v) is 3.77. The van der Waals surface area contributed by atoms with Crippen LogP contribution in [0.5, 0.6) is 0 Å². The summed E-state index contributed by atoms with van der Waals surface area (Å²) in [5.41, 5.74) is 7.27. The van der Waals surface area contributed by atoms with Crippen LogP contribution in [0, 0.1) is 5.41 Å². The van der Waals surface area contributed by atoms with Crippen molar-refractivity contribution in [2.45, 2.75) is 25.8 Å². The molecule has 1 fully saturated rings. The summed E-state index contributed by atoms with van der Waals surface area (Å²) < 4.78 is 0. The molecule has 2 rings (SSSR count). The molecule has 2 N–H and O–H groups in total. The van der Waals surface area contributed by atoms with Crippen molar-refractivity contribution in [2.75, 3.05) is 0 Å². The van der Waals surface area contributed by atoms with Crippen LogP contribution in [0.2, 0.25) is 10.0 Å². The lowest BCUT2D eigenvalue weighted by Gasteiger charge is -2.05. The first-order valence-electron chi connectivity index (χ1n) is 4.65. The van der Waals surface area contributed by atoms with Gasteiger partial charge in [-0.1, -0.05) is 43.1 Å². The van der Waals surface area contributed by atoms with Crippen molar-refractivity contribution < 1.29 is 0 Å². The van der Waals surface area contributed by atoms with Crippen LogP contribution in [0.3, 0.4) is 0 Å². The largest absolute Gasteiger partial charge is 0.327 e. The van der Waals surface area contributed by atoms with E-state index in [0.717, 1.165) is 10.6 Å². The molecule has 0 aromatic heterocycles. The monoisotopic (exact) mass is 229 g/mol. The van der Waals surface area contributed by atoms with Gasteiger partial charge >= 0.3 is 0 Å². The minimum atomic E-state index is 0.164. The average molecular weight is 230 g/mol. The third kappa shape index (κ3) is 1.44. The summed E-state index contributed by atoms with van der Waals surface area (Å²) in [4.78, 5) is 0. The highest BCUT2D eigenvalue weighted by atomic mass is 35.5. The summed E-state index contributed by atoms with van der Waals surface area (Å²) in [6.07, 6.45) is 0. The molecule has 1 nitrogen and oxygen atoms in total. The summed E-state index contributed by atoms with van der Waals surface area (Å²) in [5.74, 6) is 0.368. The summed E-state index contributed by atoms with van der Waals surface area (Å²) >= 11 is 12.0. The zero-order valence-corrected chi connectivity index (χ0v) is 9.73. The fraction of sp³-hybridized carbons (Fsp3) is 0.455. The van der Waals surface area contributed by atoms with E-state index in [-0.39, 0.29) is 11.5 Å². The van der Waals surface area contributed by atoms with Gasteiger partial charge in [0.05, 0.1) is 0 Å². The van der Waals surface area contributed by atoms with Crippen molar-refractivity contribution in [3.05, 3.63) is 33.8 Å². The first kappa shape index (κ1) is 10.3. The molecular formula is C11H13Cl2N. The molecule has 1 aliphatic rings. The van der Waals surface area contributed by atoms with Crippen LogP contribution < -0.4 is 5.73 Å². The van der Waals surface area contributed by atoms with E-state index in [1.165, 1.54) is 0 Å². The molecule has 3 heteroatoms. The van der Waals surface area contributed by atoms with Gasteiger partial charge in [-0.15, -0.1) is 0 Å². The van der Waals surface area contributed by atoms with Crippen molar-refractivity contribution in [3.63, 3.8) is 0 Å². The minimum absolute atomic E-state index is 0.164. The summed E-state index contributed by atoms with van der Waals surface area (Å²) in [5, 5.41) is 1.40. The lowest BCUT2D eigenvalue weighted by Crippen LogP contribution is -2.06. The van der Waals surface area contributed by atoms with Gasteiger partial charge in [0.15, 0.2) is 0 Å². The van der Waals surface area contributed by atoms with Crippen LogP contribution in [-0.4, -0.2) is 6.04 Å². The molecule has 1 aliphatic carbocycles. The van der Waals surface area contributed by atoms with E-state index in [1.807, 2.05) is 12.1 Å². The van der Waals surface area contributed by atoms with Crippen LogP contribution >= 0.6 is 23.2 Å². The highest BCUT2D eigenvalue weighted by molar-refractivity contribution is 6.35. The van der Waals surface area contributed by atoms with Crippen LogP contribution in [0.25, 0.3) is 0 Å². The fourth-order valence-corrected chi connectivity index (χ4v) is 2.55. The Kier molecular flexibility index (Phi) is 2.30. The second kappa shape index (κ2) is 3.13. The Morgan fingerprint density at radius 3 is 2.29 bits per heavy atom. The molecule has 2 atom stereocenters. The zero-order chi connectivity index (χ0) is 10.5. The smallest absolute Gasteiger partial charge is 0.0456 e. The first-order valence-corrected chi connectivity index (χ1v) is 5.40. The van der Waals surface area contributed by atoms with Gasteiger partial charge in [0.1, 0.15) is 0 Å². The molecule has 76 valence electrons. The number of halogens is 2. The molecule has 14 heavy (non-hydrogen) atoms.